The van der Waals surface area contributed by atoms with Crippen molar-refractivity contribution >= 4 is 23.0 Å². The second-order valence-corrected chi connectivity index (χ2v) is 8.39. The van der Waals surface area contributed by atoms with Gasteiger partial charge in [0.2, 0.25) is 5.91 Å². The third kappa shape index (κ3) is 6.31. The molecular weight excluding hydrogens is 402 g/mol. The highest BCUT2D eigenvalue weighted by Crippen LogP contribution is 2.28. The fraction of sp³-hybridized carbons (Fsp3) is 0.478. The van der Waals surface area contributed by atoms with E-state index in [0.29, 0.717) is 49.6 Å². The van der Waals surface area contributed by atoms with Crippen LogP contribution in [0.1, 0.15) is 47.8 Å². The number of carbonyl (C=O) groups excluding carboxylic acids is 2. The number of nitrogens with zero attached hydrogens (tertiary/aromatic N) is 1. The highest BCUT2D eigenvalue weighted by molar-refractivity contribution is 7.09. The Kier molecular flexibility index (Phi) is 8.28. The van der Waals surface area contributed by atoms with Crippen molar-refractivity contribution in [3.63, 3.8) is 0 Å². The van der Waals surface area contributed by atoms with Crippen LogP contribution in [0.4, 0.5) is 0 Å². The maximum Gasteiger partial charge on any atom is 0.223 e. The molecule has 6 nitrogen and oxygen atoms in total. The van der Waals surface area contributed by atoms with Crippen molar-refractivity contribution < 1.29 is 23.8 Å². The smallest absolute Gasteiger partial charge is 0.223 e. The van der Waals surface area contributed by atoms with Gasteiger partial charge in [0.05, 0.1) is 26.4 Å². The lowest BCUT2D eigenvalue weighted by atomic mass is 10.1. The van der Waals surface area contributed by atoms with Crippen LogP contribution in [0.2, 0.25) is 0 Å². The van der Waals surface area contributed by atoms with Crippen molar-refractivity contribution in [3.05, 3.63) is 46.2 Å². The summed E-state index contributed by atoms with van der Waals surface area (Å²) in [4.78, 5) is 27.5. The van der Waals surface area contributed by atoms with Gasteiger partial charge in [-0.1, -0.05) is 6.07 Å². The van der Waals surface area contributed by atoms with Gasteiger partial charge < -0.3 is 19.1 Å². The number of ether oxygens (including phenoxy) is 3. The first kappa shape index (κ1) is 22.3. The first-order valence-corrected chi connectivity index (χ1v) is 11.2. The van der Waals surface area contributed by atoms with Gasteiger partial charge in [0, 0.05) is 30.0 Å². The summed E-state index contributed by atoms with van der Waals surface area (Å²) in [7, 11) is 1.54. The third-order valence-corrected chi connectivity index (χ3v) is 5.95. The van der Waals surface area contributed by atoms with E-state index in [2.05, 4.69) is 6.07 Å². The van der Waals surface area contributed by atoms with Crippen LogP contribution in [-0.4, -0.2) is 49.6 Å². The van der Waals surface area contributed by atoms with E-state index in [1.165, 1.54) is 11.8 Å². The number of rotatable bonds is 11. The molecule has 1 aliphatic rings. The second-order valence-electron chi connectivity index (χ2n) is 7.36. The van der Waals surface area contributed by atoms with Gasteiger partial charge in [-0.2, -0.15) is 0 Å². The Balaban J connectivity index is 1.51. The molecule has 162 valence electrons. The lowest BCUT2D eigenvalue weighted by molar-refractivity contribution is -0.133. The maximum absolute atomic E-state index is 12.9. The standard InChI is InChI=1S/C23H29NO5S/c1-17(25)18-9-10-21(22(14-18)27-2)29-12-4-8-23(26)24(15-19-6-3-11-28-19)16-20-7-5-13-30-20/h5,7,9-10,13-14,19H,3-4,6,8,11-12,15-16H2,1-2H3. The monoisotopic (exact) mass is 431 g/mol. The summed E-state index contributed by atoms with van der Waals surface area (Å²) >= 11 is 1.66. The summed E-state index contributed by atoms with van der Waals surface area (Å²) in [6, 6.07) is 9.19. The van der Waals surface area contributed by atoms with Gasteiger partial charge in [-0.25, -0.2) is 0 Å². The topological polar surface area (TPSA) is 65.1 Å². The van der Waals surface area contributed by atoms with E-state index in [1.807, 2.05) is 16.3 Å². The zero-order valence-corrected chi connectivity index (χ0v) is 18.4. The summed E-state index contributed by atoms with van der Waals surface area (Å²) in [6.45, 7) is 3.95. The van der Waals surface area contributed by atoms with E-state index >= 15 is 0 Å². The molecule has 1 atom stereocenters. The first-order chi connectivity index (χ1) is 14.6. The maximum atomic E-state index is 12.9. The van der Waals surface area contributed by atoms with E-state index in [-0.39, 0.29) is 17.8 Å². The zero-order chi connectivity index (χ0) is 21.3. The molecule has 0 saturated carbocycles. The van der Waals surface area contributed by atoms with Crippen molar-refractivity contribution in [2.45, 2.75) is 45.3 Å². The predicted molar refractivity (Wildman–Crippen MR) is 116 cm³/mol. The molecule has 1 aliphatic heterocycles. The minimum absolute atomic E-state index is 0.0254. The molecule has 1 unspecified atom stereocenters. The van der Waals surface area contributed by atoms with Crippen LogP contribution in [-0.2, 0) is 16.1 Å². The van der Waals surface area contributed by atoms with E-state index < -0.39 is 0 Å². The van der Waals surface area contributed by atoms with E-state index in [9.17, 15) is 9.59 Å². The summed E-state index contributed by atoms with van der Waals surface area (Å²) in [5.74, 6) is 1.18. The lowest BCUT2D eigenvalue weighted by Gasteiger charge is -2.25. The number of Topliss-reactive ketones (excluding diaryl/α,β-unsaturated/α-hetero) is 1. The number of carbonyl (C=O) groups is 2. The highest BCUT2D eigenvalue weighted by Gasteiger charge is 2.23. The minimum atomic E-state index is -0.0254. The van der Waals surface area contributed by atoms with Crippen molar-refractivity contribution in [3.8, 4) is 11.5 Å². The van der Waals surface area contributed by atoms with Gasteiger partial charge in [-0.3, -0.25) is 9.59 Å². The molecule has 3 rings (SSSR count). The molecule has 1 aromatic heterocycles. The van der Waals surface area contributed by atoms with Gasteiger partial charge in [-0.15, -0.1) is 11.3 Å². The number of ketones is 1. The van der Waals surface area contributed by atoms with Crippen LogP contribution in [0.5, 0.6) is 11.5 Å². The van der Waals surface area contributed by atoms with Gasteiger partial charge in [0.1, 0.15) is 0 Å². The fourth-order valence-electron chi connectivity index (χ4n) is 3.45. The largest absolute Gasteiger partial charge is 0.493 e. The Labute approximate surface area is 181 Å². The minimum Gasteiger partial charge on any atom is -0.493 e. The molecule has 2 aromatic rings. The molecule has 30 heavy (non-hydrogen) atoms. The summed E-state index contributed by atoms with van der Waals surface area (Å²) in [5, 5.41) is 2.03. The van der Waals surface area contributed by atoms with Crippen LogP contribution in [0.3, 0.4) is 0 Å². The zero-order valence-electron chi connectivity index (χ0n) is 17.6. The van der Waals surface area contributed by atoms with E-state index in [0.717, 1.165) is 19.4 Å². The molecule has 7 heteroatoms. The number of methoxy groups -OCH3 is 1. The van der Waals surface area contributed by atoms with Gasteiger partial charge in [-0.05, 0) is 55.8 Å². The average Bonchev–Trinajstić information content (AvgIpc) is 3.44. The molecule has 0 bridgehead atoms. The quantitative estimate of drug-likeness (QED) is 0.391. The molecule has 1 fully saturated rings. The number of hydrogen-bond acceptors (Lipinski definition) is 6. The van der Waals surface area contributed by atoms with Crippen molar-refractivity contribution in [2.24, 2.45) is 0 Å². The van der Waals surface area contributed by atoms with Gasteiger partial charge in [0.25, 0.3) is 0 Å². The fourth-order valence-corrected chi connectivity index (χ4v) is 4.17. The van der Waals surface area contributed by atoms with E-state index in [1.54, 1.807) is 36.6 Å². The Hall–Kier alpha value is -2.38. The van der Waals surface area contributed by atoms with Crippen LogP contribution in [0, 0.1) is 0 Å². The van der Waals surface area contributed by atoms with Crippen molar-refractivity contribution in [1.82, 2.24) is 4.90 Å². The average molecular weight is 432 g/mol. The highest BCUT2D eigenvalue weighted by atomic mass is 32.1. The SMILES string of the molecule is COc1cc(C(C)=O)ccc1OCCCC(=O)N(Cc1cccs1)CC1CCCO1. The van der Waals surface area contributed by atoms with Crippen molar-refractivity contribution in [1.29, 1.82) is 0 Å². The Morgan fingerprint density at radius 3 is 2.80 bits per heavy atom. The van der Waals surface area contributed by atoms with Crippen molar-refractivity contribution in [2.75, 3.05) is 26.9 Å². The summed E-state index contributed by atoms with van der Waals surface area (Å²) < 4.78 is 16.9. The van der Waals surface area contributed by atoms with E-state index in [4.69, 9.17) is 14.2 Å². The van der Waals surface area contributed by atoms with Gasteiger partial charge in [0.15, 0.2) is 17.3 Å². The Bertz CT molecular complexity index is 830. The van der Waals surface area contributed by atoms with Gasteiger partial charge >= 0.3 is 0 Å². The summed E-state index contributed by atoms with van der Waals surface area (Å²) in [6.07, 6.45) is 3.21. The van der Waals surface area contributed by atoms with Crippen LogP contribution in [0.25, 0.3) is 0 Å². The molecule has 0 N–H and O–H groups in total. The second kappa shape index (κ2) is 11.1. The number of benzene rings is 1. The third-order valence-electron chi connectivity index (χ3n) is 5.09. The molecule has 0 radical (unpaired) electrons. The molecule has 2 heterocycles. The number of thiophene rings is 1. The molecule has 0 spiro atoms. The number of amides is 1. The normalized spacial score (nSPS) is 15.7. The Morgan fingerprint density at radius 1 is 1.27 bits per heavy atom. The molecular formula is C23H29NO5S. The summed E-state index contributed by atoms with van der Waals surface area (Å²) in [5.41, 5.74) is 0.577. The molecule has 0 aliphatic carbocycles. The number of hydrogen-bond donors (Lipinski definition) is 0. The Morgan fingerprint density at radius 2 is 2.13 bits per heavy atom. The predicted octanol–water partition coefficient (Wildman–Crippen LogP) is 4.33. The first-order valence-electron chi connectivity index (χ1n) is 10.3. The molecule has 1 saturated heterocycles. The molecule has 1 aromatic carbocycles. The van der Waals surface area contributed by atoms with Crippen LogP contribution < -0.4 is 9.47 Å². The lowest BCUT2D eigenvalue weighted by Crippen LogP contribution is -2.36. The van der Waals surface area contributed by atoms with Crippen LogP contribution in [0.15, 0.2) is 35.7 Å². The van der Waals surface area contributed by atoms with Crippen LogP contribution >= 0.6 is 11.3 Å². The molecule has 1 amide bonds.